The van der Waals surface area contributed by atoms with Gasteiger partial charge in [-0.2, -0.15) is 4.31 Å². The minimum atomic E-state index is -3.50. The molecular weight excluding hydrogens is 388 g/mol. The lowest BCUT2D eigenvalue weighted by molar-refractivity contribution is -0.116. The van der Waals surface area contributed by atoms with Crippen LogP contribution in [0, 0.1) is 0 Å². The molecule has 1 aliphatic rings. The Balaban J connectivity index is 1.54. The number of rotatable bonds is 7. The van der Waals surface area contributed by atoms with Crippen LogP contribution in [0.25, 0.3) is 6.08 Å². The molecule has 1 amide bonds. The molecule has 2 aromatic rings. The van der Waals surface area contributed by atoms with Gasteiger partial charge in [0.25, 0.3) is 0 Å². The van der Waals surface area contributed by atoms with Crippen molar-refractivity contribution in [3.63, 3.8) is 0 Å². The molecule has 7 heteroatoms. The van der Waals surface area contributed by atoms with Crippen LogP contribution in [0.1, 0.15) is 24.0 Å². The first-order valence-electron chi connectivity index (χ1n) is 9.65. The standard InChI is InChI=1S/C22H26N2O4S/c1-18(20-5-3-2-4-6-20)17-23-22(25)12-9-19-7-10-21(11-8-19)29(26,27)24-13-15-28-16-14-24/h2-12,18H,13-17H2,1H3,(H,23,25)/b12-9+/t18-/m1/s1. The highest BCUT2D eigenvalue weighted by molar-refractivity contribution is 7.89. The number of nitrogens with zero attached hydrogens (tertiary/aromatic N) is 1. The third-order valence-electron chi connectivity index (χ3n) is 4.87. The number of benzene rings is 2. The zero-order valence-electron chi connectivity index (χ0n) is 16.5. The van der Waals surface area contributed by atoms with Crippen molar-refractivity contribution in [3.05, 3.63) is 71.8 Å². The van der Waals surface area contributed by atoms with Gasteiger partial charge in [0.1, 0.15) is 0 Å². The van der Waals surface area contributed by atoms with Crippen molar-refractivity contribution in [2.24, 2.45) is 0 Å². The highest BCUT2D eigenvalue weighted by Gasteiger charge is 2.25. The second-order valence-corrected chi connectivity index (χ2v) is 8.91. The molecule has 0 aromatic heterocycles. The quantitative estimate of drug-likeness (QED) is 0.707. The predicted molar refractivity (Wildman–Crippen MR) is 113 cm³/mol. The Bertz CT molecular complexity index is 935. The maximum atomic E-state index is 12.6. The molecule has 154 valence electrons. The van der Waals surface area contributed by atoms with E-state index in [1.165, 1.54) is 15.9 Å². The maximum Gasteiger partial charge on any atom is 0.244 e. The van der Waals surface area contributed by atoms with Crippen LogP contribution in [0.3, 0.4) is 0 Å². The summed E-state index contributed by atoms with van der Waals surface area (Å²) in [7, 11) is -3.50. The van der Waals surface area contributed by atoms with E-state index in [1.54, 1.807) is 30.3 Å². The monoisotopic (exact) mass is 414 g/mol. The van der Waals surface area contributed by atoms with Crippen LogP contribution >= 0.6 is 0 Å². The fraction of sp³-hybridized carbons (Fsp3) is 0.318. The Hall–Kier alpha value is -2.48. The number of hydrogen-bond acceptors (Lipinski definition) is 4. The average Bonchev–Trinajstić information content (AvgIpc) is 2.77. The Labute approximate surface area is 172 Å². The zero-order valence-corrected chi connectivity index (χ0v) is 17.3. The molecule has 1 N–H and O–H groups in total. The number of carbonyl (C=O) groups is 1. The summed E-state index contributed by atoms with van der Waals surface area (Å²) >= 11 is 0. The molecule has 0 unspecified atom stereocenters. The van der Waals surface area contributed by atoms with Gasteiger partial charge in [-0.15, -0.1) is 0 Å². The van der Waals surface area contributed by atoms with Gasteiger partial charge in [-0.25, -0.2) is 8.42 Å². The van der Waals surface area contributed by atoms with Crippen molar-refractivity contribution in [1.82, 2.24) is 9.62 Å². The van der Waals surface area contributed by atoms with E-state index in [9.17, 15) is 13.2 Å². The lowest BCUT2D eigenvalue weighted by Crippen LogP contribution is -2.40. The molecule has 1 atom stereocenters. The van der Waals surface area contributed by atoms with Crippen molar-refractivity contribution in [3.8, 4) is 0 Å². The molecule has 1 aliphatic heterocycles. The van der Waals surface area contributed by atoms with E-state index < -0.39 is 10.0 Å². The lowest BCUT2D eigenvalue weighted by Gasteiger charge is -2.26. The van der Waals surface area contributed by atoms with Gasteiger partial charge in [0, 0.05) is 25.7 Å². The topological polar surface area (TPSA) is 75.7 Å². The normalized spacial score (nSPS) is 16.6. The van der Waals surface area contributed by atoms with Gasteiger partial charge in [0.15, 0.2) is 0 Å². The van der Waals surface area contributed by atoms with Crippen LogP contribution in [0.5, 0.6) is 0 Å². The Morgan fingerprint density at radius 2 is 1.76 bits per heavy atom. The van der Waals surface area contributed by atoms with E-state index in [-0.39, 0.29) is 16.7 Å². The van der Waals surface area contributed by atoms with Gasteiger partial charge >= 0.3 is 0 Å². The van der Waals surface area contributed by atoms with Gasteiger partial charge < -0.3 is 10.1 Å². The summed E-state index contributed by atoms with van der Waals surface area (Å²) in [6, 6.07) is 16.5. The second-order valence-electron chi connectivity index (χ2n) is 6.98. The van der Waals surface area contributed by atoms with E-state index in [2.05, 4.69) is 12.2 Å². The molecule has 0 aliphatic carbocycles. The molecule has 1 fully saturated rings. The fourth-order valence-electron chi connectivity index (χ4n) is 3.07. The Morgan fingerprint density at radius 1 is 1.10 bits per heavy atom. The Kier molecular flexibility index (Phi) is 7.19. The summed E-state index contributed by atoms with van der Waals surface area (Å²) in [5, 5.41) is 2.89. The van der Waals surface area contributed by atoms with Crippen molar-refractivity contribution in [2.75, 3.05) is 32.8 Å². The molecule has 3 rings (SSSR count). The molecule has 0 radical (unpaired) electrons. The van der Waals surface area contributed by atoms with Crippen LogP contribution < -0.4 is 5.32 Å². The van der Waals surface area contributed by atoms with Gasteiger partial charge in [-0.05, 0) is 35.3 Å². The van der Waals surface area contributed by atoms with Gasteiger partial charge in [0.2, 0.25) is 15.9 Å². The largest absolute Gasteiger partial charge is 0.379 e. The number of ether oxygens (including phenoxy) is 1. The molecule has 1 saturated heterocycles. The number of morpholine rings is 1. The first-order valence-corrected chi connectivity index (χ1v) is 11.1. The van der Waals surface area contributed by atoms with Crippen LogP contribution in [0.4, 0.5) is 0 Å². The highest BCUT2D eigenvalue weighted by atomic mass is 32.2. The molecular formula is C22H26N2O4S. The maximum absolute atomic E-state index is 12.6. The van der Waals surface area contributed by atoms with Crippen molar-refractivity contribution in [1.29, 1.82) is 0 Å². The van der Waals surface area contributed by atoms with E-state index in [4.69, 9.17) is 4.74 Å². The fourth-order valence-corrected chi connectivity index (χ4v) is 4.48. The van der Waals surface area contributed by atoms with E-state index in [1.807, 2.05) is 30.3 Å². The van der Waals surface area contributed by atoms with Crippen LogP contribution in [0.15, 0.2) is 65.6 Å². The van der Waals surface area contributed by atoms with Gasteiger partial charge in [-0.3, -0.25) is 4.79 Å². The van der Waals surface area contributed by atoms with E-state index in [0.717, 1.165) is 5.56 Å². The number of sulfonamides is 1. The molecule has 2 aromatic carbocycles. The lowest BCUT2D eigenvalue weighted by atomic mass is 10.0. The Morgan fingerprint density at radius 3 is 2.41 bits per heavy atom. The molecule has 0 saturated carbocycles. The van der Waals surface area contributed by atoms with Crippen molar-refractivity contribution < 1.29 is 17.9 Å². The van der Waals surface area contributed by atoms with Gasteiger partial charge in [0.05, 0.1) is 18.1 Å². The summed E-state index contributed by atoms with van der Waals surface area (Å²) in [6.45, 7) is 4.17. The summed E-state index contributed by atoms with van der Waals surface area (Å²) < 4.78 is 31.9. The third-order valence-corrected chi connectivity index (χ3v) is 6.78. The van der Waals surface area contributed by atoms with Crippen LogP contribution in [-0.2, 0) is 19.6 Å². The smallest absolute Gasteiger partial charge is 0.244 e. The zero-order chi connectivity index (χ0) is 20.7. The second kappa shape index (κ2) is 9.82. The number of carbonyl (C=O) groups excluding carboxylic acids is 1. The number of nitrogens with one attached hydrogen (secondary N) is 1. The molecule has 0 bridgehead atoms. The van der Waals surface area contributed by atoms with E-state index >= 15 is 0 Å². The molecule has 6 nitrogen and oxygen atoms in total. The van der Waals surface area contributed by atoms with Crippen LogP contribution in [-0.4, -0.2) is 51.5 Å². The van der Waals surface area contributed by atoms with Crippen molar-refractivity contribution in [2.45, 2.75) is 17.7 Å². The summed E-state index contributed by atoms with van der Waals surface area (Å²) in [4.78, 5) is 12.3. The molecule has 29 heavy (non-hydrogen) atoms. The first kappa shape index (κ1) is 21.2. The number of amides is 1. The van der Waals surface area contributed by atoms with Gasteiger partial charge in [-0.1, -0.05) is 49.4 Å². The first-order chi connectivity index (χ1) is 14.0. The molecule has 1 heterocycles. The van der Waals surface area contributed by atoms with E-state index in [0.29, 0.717) is 32.8 Å². The summed E-state index contributed by atoms with van der Waals surface area (Å²) in [6.07, 6.45) is 3.14. The highest BCUT2D eigenvalue weighted by Crippen LogP contribution is 2.18. The van der Waals surface area contributed by atoms with Crippen LogP contribution in [0.2, 0.25) is 0 Å². The molecule has 0 spiro atoms. The minimum absolute atomic E-state index is 0.183. The predicted octanol–water partition coefficient (Wildman–Crippen LogP) is 2.64. The minimum Gasteiger partial charge on any atom is -0.379 e. The summed E-state index contributed by atoms with van der Waals surface area (Å²) in [5.74, 6) is 0.0380. The third kappa shape index (κ3) is 5.76. The number of hydrogen-bond donors (Lipinski definition) is 1. The SMILES string of the molecule is C[C@H](CNC(=O)/C=C/c1ccc(S(=O)(=O)N2CCOCC2)cc1)c1ccccc1. The van der Waals surface area contributed by atoms with Crippen molar-refractivity contribution >= 4 is 22.0 Å². The average molecular weight is 415 g/mol. The summed E-state index contributed by atoms with van der Waals surface area (Å²) in [5.41, 5.74) is 1.94.